The SMILES string of the molecule is CC(C)C[C@H](C(=O)NOCc1ccccc1)N(Cc1ccccc1)[P@](C)(=O)c1ccccc1. The molecular weight excluding hydrogens is 431 g/mol. The van der Waals surface area contributed by atoms with E-state index in [1.165, 1.54) is 0 Å². The average Bonchev–Trinajstić information content (AvgIpc) is 2.83. The summed E-state index contributed by atoms with van der Waals surface area (Å²) in [5.74, 6) is -0.0579. The Kier molecular flexibility index (Phi) is 9.02. The van der Waals surface area contributed by atoms with Gasteiger partial charge in [-0.15, -0.1) is 0 Å². The molecule has 2 atom stereocenters. The van der Waals surface area contributed by atoms with Crippen molar-refractivity contribution in [3.8, 4) is 0 Å². The van der Waals surface area contributed by atoms with E-state index in [-0.39, 0.29) is 18.4 Å². The van der Waals surface area contributed by atoms with Crippen molar-refractivity contribution in [3.63, 3.8) is 0 Å². The second kappa shape index (κ2) is 11.9. The largest absolute Gasteiger partial charge is 0.302 e. The molecule has 3 rings (SSSR count). The number of hydrogen-bond donors (Lipinski definition) is 1. The number of hydrogen-bond acceptors (Lipinski definition) is 3. The van der Waals surface area contributed by atoms with Crippen LogP contribution in [-0.4, -0.2) is 23.3 Å². The molecule has 0 radical (unpaired) electrons. The predicted molar refractivity (Wildman–Crippen MR) is 134 cm³/mol. The first-order valence-electron chi connectivity index (χ1n) is 11.3. The quantitative estimate of drug-likeness (QED) is 0.306. The molecule has 0 saturated heterocycles. The van der Waals surface area contributed by atoms with Crippen molar-refractivity contribution in [1.82, 2.24) is 10.2 Å². The Labute approximate surface area is 197 Å². The number of amides is 1. The number of carbonyl (C=O) groups excluding carboxylic acids is 1. The van der Waals surface area contributed by atoms with Gasteiger partial charge in [0.25, 0.3) is 5.91 Å². The molecule has 0 aliphatic heterocycles. The lowest BCUT2D eigenvalue weighted by molar-refractivity contribution is -0.139. The van der Waals surface area contributed by atoms with Crippen molar-refractivity contribution < 1.29 is 14.2 Å². The van der Waals surface area contributed by atoms with E-state index in [1.54, 1.807) is 6.66 Å². The zero-order valence-corrected chi connectivity index (χ0v) is 20.4. The minimum absolute atomic E-state index is 0.226. The van der Waals surface area contributed by atoms with Crippen molar-refractivity contribution in [2.45, 2.75) is 39.5 Å². The van der Waals surface area contributed by atoms with Gasteiger partial charge in [0.1, 0.15) is 0 Å². The van der Waals surface area contributed by atoms with Crippen LogP contribution in [0.3, 0.4) is 0 Å². The Hall–Kier alpha value is -2.72. The van der Waals surface area contributed by atoms with Gasteiger partial charge < -0.3 is 4.57 Å². The van der Waals surface area contributed by atoms with Crippen molar-refractivity contribution in [3.05, 3.63) is 102 Å². The van der Waals surface area contributed by atoms with Crippen LogP contribution in [0.2, 0.25) is 0 Å². The van der Waals surface area contributed by atoms with Crippen molar-refractivity contribution in [2.75, 3.05) is 6.66 Å². The molecule has 0 heterocycles. The lowest BCUT2D eigenvalue weighted by Gasteiger charge is -2.36. The standard InChI is InChI=1S/C27H33N2O3P/c1-22(2)19-26(27(30)28-32-21-24-15-9-5-10-16-24)29(20-23-13-7-4-8-14-23)33(3,31)25-17-11-6-12-18-25/h4-18,22,26H,19-21H2,1-3H3,(H,28,30)/t26-,33-/m1/s1. The maximum absolute atomic E-state index is 14.2. The second-order valence-electron chi connectivity index (χ2n) is 8.68. The molecule has 174 valence electrons. The van der Waals surface area contributed by atoms with E-state index in [0.29, 0.717) is 13.0 Å². The van der Waals surface area contributed by atoms with Crippen LogP contribution in [0, 0.1) is 5.92 Å². The van der Waals surface area contributed by atoms with E-state index < -0.39 is 13.3 Å². The fraction of sp³-hybridized carbons (Fsp3) is 0.296. The van der Waals surface area contributed by atoms with Crippen molar-refractivity contribution in [2.24, 2.45) is 5.92 Å². The molecule has 33 heavy (non-hydrogen) atoms. The summed E-state index contributed by atoms with van der Waals surface area (Å²) in [6, 6.07) is 28.3. The Morgan fingerprint density at radius 3 is 1.94 bits per heavy atom. The van der Waals surface area contributed by atoms with E-state index >= 15 is 0 Å². The van der Waals surface area contributed by atoms with Crippen LogP contribution in [-0.2, 0) is 27.3 Å². The van der Waals surface area contributed by atoms with Crippen LogP contribution < -0.4 is 10.8 Å². The van der Waals surface area contributed by atoms with E-state index in [2.05, 4.69) is 19.3 Å². The molecule has 0 bridgehead atoms. The van der Waals surface area contributed by atoms with E-state index in [9.17, 15) is 9.36 Å². The van der Waals surface area contributed by atoms with Gasteiger partial charge in [-0.25, -0.2) is 10.2 Å². The van der Waals surface area contributed by atoms with Crippen LogP contribution in [0.1, 0.15) is 31.4 Å². The molecule has 1 N–H and O–H groups in total. The highest BCUT2D eigenvalue weighted by Gasteiger charge is 2.37. The molecule has 0 aliphatic carbocycles. The molecule has 0 fully saturated rings. The Bertz CT molecular complexity index is 1040. The summed E-state index contributed by atoms with van der Waals surface area (Å²) in [4.78, 5) is 18.9. The number of nitrogens with zero attached hydrogens (tertiary/aromatic N) is 1. The molecular formula is C27H33N2O3P. The van der Waals surface area contributed by atoms with Crippen molar-refractivity contribution in [1.29, 1.82) is 0 Å². The minimum atomic E-state index is -3.06. The number of carbonyl (C=O) groups is 1. The average molecular weight is 465 g/mol. The first-order chi connectivity index (χ1) is 15.9. The van der Waals surface area contributed by atoms with Gasteiger partial charge in [0.15, 0.2) is 7.29 Å². The van der Waals surface area contributed by atoms with Gasteiger partial charge in [-0.05, 0) is 23.5 Å². The summed E-state index contributed by atoms with van der Waals surface area (Å²) < 4.78 is 16.1. The smallest absolute Gasteiger partial charge is 0.261 e. The van der Waals surface area contributed by atoms with Gasteiger partial charge in [0, 0.05) is 18.5 Å². The highest BCUT2D eigenvalue weighted by Crippen LogP contribution is 2.48. The van der Waals surface area contributed by atoms with Gasteiger partial charge in [-0.1, -0.05) is 105 Å². The highest BCUT2D eigenvalue weighted by atomic mass is 31.2. The van der Waals surface area contributed by atoms with Gasteiger partial charge in [-0.3, -0.25) is 9.63 Å². The maximum atomic E-state index is 14.2. The first kappa shape index (κ1) is 24.9. The molecule has 5 nitrogen and oxygen atoms in total. The monoisotopic (exact) mass is 464 g/mol. The third-order valence-corrected chi connectivity index (χ3v) is 8.18. The summed E-state index contributed by atoms with van der Waals surface area (Å²) in [7, 11) is -3.06. The molecule has 3 aromatic rings. The zero-order valence-electron chi connectivity index (χ0n) is 19.6. The zero-order chi connectivity index (χ0) is 23.7. The molecule has 0 unspecified atom stereocenters. The summed E-state index contributed by atoms with van der Waals surface area (Å²) in [6.45, 7) is 6.54. The summed E-state index contributed by atoms with van der Waals surface area (Å²) >= 11 is 0. The normalized spacial score (nSPS) is 14.1. The molecule has 3 aromatic carbocycles. The summed E-state index contributed by atoms with van der Waals surface area (Å²) in [6.07, 6.45) is 0.554. The first-order valence-corrected chi connectivity index (χ1v) is 13.4. The van der Waals surface area contributed by atoms with E-state index in [4.69, 9.17) is 4.84 Å². The van der Waals surface area contributed by atoms with Crippen LogP contribution in [0.4, 0.5) is 0 Å². The molecule has 1 amide bonds. The molecule has 0 aliphatic rings. The topological polar surface area (TPSA) is 58.6 Å². The minimum Gasteiger partial charge on any atom is -0.302 e. The lowest BCUT2D eigenvalue weighted by atomic mass is 10.0. The number of benzene rings is 3. The molecule has 0 spiro atoms. The van der Waals surface area contributed by atoms with Crippen LogP contribution >= 0.6 is 7.29 Å². The Morgan fingerprint density at radius 1 is 0.879 bits per heavy atom. The molecule has 0 saturated carbocycles. The van der Waals surface area contributed by atoms with E-state index in [0.717, 1.165) is 16.4 Å². The second-order valence-corrected chi connectivity index (χ2v) is 11.5. The third-order valence-electron chi connectivity index (χ3n) is 5.52. The van der Waals surface area contributed by atoms with Gasteiger partial charge >= 0.3 is 0 Å². The van der Waals surface area contributed by atoms with Crippen LogP contribution in [0.15, 0.2) is 91.0 Å². The molecule has 6 heteroatoms. The number of nitrogens with one attached hydrogen (secondary N) is 1. The van der Waals surface area contributed by atoms with Crippen molar-refractivity contribution >= 4 is 18.5 Å². The summed E-state index contributed by atoms with van der Waals surface area (Å²) in [5, 5.41) is 0.729. The number of hydroxylamine groups is 1. The van der Waals surface area contributed by atoms with Gasteiger partial charge in [0.05, 0.1) is 12.6 Å². The fourth-order valence-corrected chi connectivity index (χ4v) is 5.96. The van der Waals surface area contributed by atoms with Gasteiger partial charge in [0.2, 0.25) is 0 Å². The Morgan fingerprint density at radius 2 is 1.39 bits per heavy atom. The van der Waals surface area contributed by atoms with Crippen LogP contribution in [0.5, 0.6) is 0 Å². The fourth-order valence-electron chi connectivity index (χ4n) is 3.78. The highest BCUT2D eigenvalue weighted by molar-refractivity contribution is 7.68. The number of rotatable bonds is 11. The molecule has 0 aromatic heterocycles. The lowest BCUT2D eigenvalue weighted by Crippen LogP contribution is -2.47. The predicted octanol–water partition coefficient (Wildman–Crippen LogP) is 5.38. The maximum Gasteiger partial charge on any atom is 0.261 e. The third kappa shape index (κ3) is 7.13. The van der Waals surface area contributed by atoms with E-state index in [1.807, 2.05) is 95.7 Å². The Balaban J connectivity index is 1.88. The van der Waals surface area contributed by atoms with Gasteiger partial charge in [-0.2, -0.15) is 0 Å². The van der Waals surface area contributed by atoms with Crippen LogP contribution in [0.25, 0.3) is 0 Å². The summed E-state index contributed by atoms with van der Waals surface area (Å²) in [5.41, 5.74) is 4.59.